The van der Waals surface area contributed by atoms with Crippen molar-refractivity contribution in [1.29, 1.82) is 0 Å². The van der Waals surface area contributed by atoms with Gasteiger partial charge in [0.25, 0.3) is 5.91 Å². The van der Waals surface area contributed by atoms with Gasteiger partial charge in [0.15, 0.2) is 5.69 Å². The fourth-order valence-electron chi connectivity index (χ4n) is 5.02. The molecule has 0 saturated carbocycles. The molecule has 1 aromatic carbocycles. The topological polar surface area (TPSA) is 66.7 Å². The predicted molar refractivity (Wildman–Crippen MR) is 117 cm³/mol. The third-order valence-electron chi connectivity index (χ3n) is 6.95. The number of amides is 1. The zero-order valence-electron chi connectivity index (χ0n) is 18.2. The third kappa shape index (κ3) is 4.81. The highest BCUT2D eigenvalue weighted by atomic mass is 16.5. The number of piperazine rings is 1. The maximum Gasteiger partial charge on any atom is 0.276 e. The fourth-order valence-corrected chi connectivity index (χ4v) is 5.02. The van der Waals surface area contributed by atoms with Gasteiger partial charge in [-0.3, -0.25) is 19.3 Å². The van der Waals surface area contributed by atoms with Crippen molar-refractivity contribution in [2.24, 2.45) is 0 Å². The van der Waals surface area contributed by atoms with Gasteiger partial charge in [-0.25, -0.2) is 0 Å². The monoisotopic (exact) mass is 424 g/mol. The molecule has 31 heavy (non-hydrogen) atoms. The molecule has 2 aromatic rings. The van der Waals surface area contributed by atoms with Gasteiger partial charge in [0, 0.05) is 51.9 Å². The summed E-state index contributed by atoms with van der Waals surface area (Å²) in [4.78, 5) is 19.8. The number of benzene rings is 1. The Morgan fingerprint density at radius 3 is 2.58 bits per heavy atom. The molecular weight excluding hydrogens is 392 g/mol. The third-order valence-corrected chi connectivity index (χ3v) is 6.95. The zero-order chi connectivity index (χ0) is 21.0. The molecule has 1 aliphatic carbocycles. The molecule has 3 heterocycles. The summed E-state index contributed by atoms with van der Waals surface area (Å²) in [5.41, 5.74) is 3.46. The molecule has 5 rings (SSSR count). The minimum Gasteiger partial charge on any atom is -0.379 e. The Bertz CT molecular complexity index is 886. The Balaban J connectivity index is 1.11. The minimum atomic E-state index is 0.00580. The van der Waals surface area contributed by atoms with Crippen LogP contribution >= 0.6 is 0 Å². The first-order valence-corrected chi connectivity index (χ1v) is 11.6. The van der Waals surface area contributed by atoms with E-state index in [9.17, 15) is 4.79 Å². The molecule has 0 bridgehead atoms. The highest BCUT2D eigenvalue weighted by molar-refractivity contribution is 5.92. The summed E-state index contributed by atoms with van der Waals surface area (Å²) in [7, 11) is 0. The molecule has 8 nitrogen and oxygen atoms in total. The average molecular weight is 425 g/mol. The number of fused-ring (bicyclic) bond motifs is 1. The lowest BCUT2D eigenvalue weighted by Crippen LogP contribution is -2.53. The number of carbonyl (C=O) groups excluding carboxylic acids is 1. The van der Waals surface area contributed by atoms with Gasteiger partial charge < -0.3 is 9.64 Å². The lowest BCUT2D eigenvalue weighted by atomic mass is 9.87. The van der Waals surface area contributed by atoms with Gasteiger partial charge >= 0.3 is 0 Å². The maximum atomic E-state index is 12.9. The van der Waals surface area contributed by atoms with Crippen LogP contribution in [0.25, 0.3) is 0 Å². The largest absolute Gasteiger partial charge is 0.379 e. The SMILES string of the molecule is O=C(c1cn(CCN2CCOCC2)nn1)N1CCN(C2CCc3ccccc3C2)CC1. The summed E-state index contributed by atoms with van der Waals surface area (Å²) in [6, 6.07) is 9.40. The van der Waals surface area contributed by atoms with Crippen molar-refractivity contribution in [1.82, 2.24) is 29.7 Å². The summed E-state index contributed by atoms with van der Waals surface area (Å²) in [5.74, 6) is 0.00580. The minimum absolute atomic E-state index is 0.00580. The Morgan fingerprint density at radius 1 is 1.00 bits per heavy atom. The predicted octanol–water partition coefficient (Wildman–Crippen LogP) is 0.926. The van der Waals surface area contributed by atoms with E-state index >= 15 is 0 Å². The number of aryl methyl sites for hydroxylation is 1. The second kappa shape index (κ2) is 9.46. The first-order valence-electron chi connectivity index (χ1n) is 11.6. The average Bonchev–Trinajstić information content (AvgIpc) is 3.32. The molecule has 2 aliphatic heterocycles. The van der Waals surface area contributed by atoms with E-state index < -0.39 is 0 Å². The molecule has 2 saturated heterocycles. The van der Waals surface area contributed by atoms with E-state index in [1.165, 1.54) is 17.5 Å². The summed E-state index contributed by atoms with van der Waals surface area (Å²) in [6.45, 7) is 8.54. The van der Waals surface area contributed by atoms with Gasteiger partial charge in [-0.1, -0.05) is 29.5 Å². The van der Waals surface area contributed by atoms with E-state index in [0.29, 0.717) is 11.7 Å². The molecule has 0 N–H and O–H groups in total. The standard InChI is InChI=1S/C23H32N6O2/c30-23(22-18-29(25-24-22)12-7-26-13-15-31-16-14-26)28-10-8-27(9-11-28)21-6-5-19-3-1-2-4-20(19)17-21/h1-4,18,21H,5-17H2. The van der Waals surface area contributed by atoms with E-state index in [1.54, 1.807) is 10.9 Å². The molecule has 2 fully saturated rings. The van der Waals surface area contributed by atoms with Crippen LogP contribution in [0, 0.1) is 0 Å². The van der Waals surface area contributed by atoms with E-state index in [-0.39, 0.29) is 5.91 Å². The van der Waals surface area contributed by atoms with Crippen LogP contribution in [0.1, 0.15) is 28.0 Å². The number of ether oxygens (including phenoxy) is 1. The van der Waals surface area contributed by atoms with Crippen molar-refractivity contribution < 1.29 is 9.53 Å². The van der Waals surface area contributed by atoms with Crippen LogP contribution < -0.4 is 0 Å². The number of morpholine rings is 1. The Hall–Kier alpha value is -2.29. The van der Waals surface area contributed by atoms with Gasteiger partial charge in [0.05, 0.1) is 26.0 Å². The van der Waals surface area contributed by atoms with E-state index in [1.807, 2.05) is 4.90 Å². The van der Waals surface area contributed by atoms with E-state index in [0.717, 1.165) is 78.4 Å². The van der Waals surface area contributed by atoms with E-state index in [2.05, 4.69) is 44.4 Å². The van der Waals surface area contributed by atoms with Crippen LogP contribution in [0.3, 0.4) is 0 Å². The second-order valence-electron chi connectivity index (χ2n) is 8.81. The molecule has 1 atom stereocenters. The summed E-state index contributed by atoms with van der Waals surface area (Å²) >= 11 is 0. The summed E-state index contributed by atoms with van der Waals surface area (Å²) in [5, 5.41) is 8.33. The number of aromatic nitrogens is 3. The molecular formula is C23H32N6O2. The Labute approximate surface area is 183 Å². The van der Waals surface area contributed by atoms with E-state index in [4.69, 9.17) is 4.74 Å². The van der Waals surface area contributed by atoms with Crippen molar-refractivity contribution in [3.05, 3.63) is 47.3 Å². The molecule has 1 unspecified atom stereocenters. The number of hydrogen-bond acceptors (Lipinski definition) is 6. The lowest BCUT2D eigenvalue weighted by Gasteiger charge is -2.41. The number of nitrogens with zero attached hydrogens (tertiary/aromatic N) is 6. The highest BCUT2D eigenvalue weighted by Gasteiger charge is 2.29. The van der Waals surface area contributed by atoms with Gasteiger partial charge in [-0.05, 0) is 30.4 Å². The molecule has 1 amide bonds. The smallest absolute Gasteiger partial charge is 0.276 e. The summed E-state index contributed by atoms with van der Waals surface area (Å²) in [6.07, 6.45) is 5.30. The van der Waals surface area contributed by atoms with Crippen molar-refractivity contribution >= 4 is 5.91 Å². The molecule has 0 radical (unpaired) electrons. The van der Waals surface area contributed by atoms with Gasteiger partial charge in [0.2, 0.25) is 0 Å². The number of rotatable bonds is 5. The molecule has 8 heteroatoms. The molecule has 1 aromatic heterocycles. The second-order valence-corrected chi connectivity index (χ2v) is 8.81. The highest BCUT2D eigenvalue weighted by Crippen LogP contribution is 2.25. The molecule has 0 spiro atoms. The van der Waals surface area contributed by atoms with Crippen LogP contribution in [-0.2, 0) is 24.1 Å². The Morgan fingerprint density at radius 2 is 1.77 bits per heavy atom. The van der Waals surface area contributed by atoms with Crippen LogP contribution in [0.15, 0.2) is 30.5 Å². The van der Waals surface area contributed by atoms with Crippen LogP contribution in [-0.4, -0.2) is 101 Å². The maximum absolute atomic E-state index is 12.9. The van der Waals surface area contributed by atoms with Crippen LogP contribution in [0.2, 0.25) is 0 Å². The lowest BCUT2D eigenvalue weighted by molar-refractivity contribution is 0.0359. The van der Waals surface area contributed by atoms with Crippen LogP contribution in [0.4, 0.5) is 0 Å². The van der Waals surface area contributed by atoms with Gasteiger partial charge in [-0.2, -0.15) is 0 Å². The first-order chi connectivity index (χ1) is 15.3. The number of carbonyl (C=O) groups is 1. The van der Waals surface area contributed by atoms with Gasteiger partial charge in [0.1, 0.15) is 0 Å². The van der Waals surface area contributed by atoms with Crippen molar-refractivity contribution in [2.45, 2.75) is 31.8 Å². The van der Waals surface area contributed by atoms with Crippen molar-refractivity contribution in [2.75, 3.05) is 59.0 Å². The van der Waals surface area contributed by atoms with Gasteiger partial charge in [-0.15, -0.1) is 5.10 Å². The summed E-state index contributed by atoms with van der Waals surface area (Å²) < 4.78 is 7.18. The zero-order valence-corrected chi connectivity index (χ0v) is 18.2. The molecule has 3 aliphatic rings. The quantitative estimate of drug-likeness (QED) is 0.711. The number of hydrogen-bond donors (Lipinski definition) is 0. The normalized spacial score (nSPS) is 23.0. The van der Waals surface area contributed by atoms with Crippen molar-refractivity contribution in [3.63, 3.8) is 0 Å². The fraction of sp³-hybridized carbons (Fsp3) is 0.609. The first kappa shape index (κ1) is 20.6. The van der Waals surface area contributed by atoms with Crippen molar-refractivity contribution in [3.8, 4) is 0 Å². The Kier molecular flexibility index (Phi) is 6.29. The molecule has 166 valence electrons. The van der Waals surface area contributed by atoms with Crippen LogP contribution in [0.5, 0.6) is 0 Å².